The van der Waals surface area contributed by atoms with Crippen molar-refractivity contribution in [3.05, 3.63) is 18.3 Å². The van der Waals surface area contributed by atoms with Crippen molar-refractivity contribution < 1.29 is 9.53 Å². The number of hydrogen-bond donors (Lipinski definition) is 2. The number of aromatic amines is 1. The van der Waals surface area contributed by atoms with Crippen molar-refractivity contribution in [3.63, 3.8) is 0 Å². The van der Waals surface area contributed by atoms with Crippen molar-refractivity contribution in [1.29, 1.82) is 0 Å². The van der Waals surface area contributed by atoms with Gasteiger partial charge in [0.1, 0.15) is 11.9 Å². The van der Waals surface area contributed by atoms with Gasteiger partial charge in [0.2, 0.25) is 5.91 Å². The van der Waals surface area contributed by atoms with Crippen LogP contribution in [0.15, 0.2) is 18.3 Å². The molecule has 0 saturated carbocycles. The quantitative estimate of drug-likeness (QED) is 0.719. The highest BCUT2D eigenvalue weighted by Crippen LogP contribution is 2.10. The zero-order valence-electron chi connectivity index (χ0n) is 8.69. The van der Waals surface area contributed by atoms with Crippen LogP contribution in [0.3, 0.4) is 0 Å². The second-order valence-corrected chi connectivity index (χ2v) is 3.53. The van der Waals surface area contributed by atoms with E-state index >= 15 is 0 Å². The number of H-pyrrole nitrogens is 1. The number of morpholine rings is 1. The first kappa shape index (κ1) is 10.2. The monoisotopic (exact) mass is 209 g/mol. The van der Waals surface area contributed by atoms with E-state index in [-0.39, 0.29) is 11.9 Å². The zero-order valence-corrected chi connectivity index (χ0v) is 8.69. The van der Waals surface area contributed by atoms with Crippen molar-refractivity contribution in [2.24, 2.45) is 0 Å². The van der Waals surface area contributed by atoms with E-state index in [0.29, 0.717) is 13.2 Å². The van der Waals surface area contributed by atoms with E-state index in [1.807, 2.05) is 12.1 Å². The first-order chi connectivity index (χ1) is 7.29. The molecule has 1 atom stereocenters. The summed E-state index contributed by atoms with van der Waals surface area (Å²) in [5.74, 6) is 0.824. The molecule has 5 heteroatoms. The molecule has 5 nitrogen and oxygen atoms in total. The highest BCUT2D eigenvalue weighted by molar-refractivity contribution is 5.96. The number of carbonyl (C=O) groups excluding carboxylic acids is 1. The molecule has 0 spiro atoms. The summed E-state index contributed by atoms with van der Waals surface area (Å²) in [7, 11) is 1.75. The Bertz CT molecular complexity index is 317. The highest BCUT2D eigenvalue weighted by atomic mass is 16.5. The van der Waals surface area contributed by atoms with Crippen LogP contribution < -0.4 is 10.2 Å². The van der Waals surface area contributed by atoms with E-state index in [4.69, 9.17) is 4.74 Å². The minimum Gasteiger partial charge on any atom is -0.378 e. The molecule has 0 aromatic carbocycles. The summed E-state index contributed by atoms with van der Waals surface area (Å²) in [5.41, 5.74) is 0. The Morgan fingerprint density at radius 2 is 2.53 bits per heavy atom. The predicted molar refractivity (Wildman–Crippen MR) is 56.8 cm³/mol. The van der Waals surface area contributed by atoms with Crippen LogP contribution in [-0.2, 0) is 9.53 Å². The lowest BCUT2D eigenvalue weighted by Crippen LogP contribution is -2.51. The Morgan fingerprint density at radius 1 is 1.67 bits per heavy atom. The number of rotatable bonds is 2. The number of carbonyl (C=O) groups is 1. The lowest BCUT2D eigenvalue weighted by Gasteiger charge is -2.26. The number of ether oxygens (including phenoxy) is 1. The van der Waals surface area contributed by atoms with E-state index in [2.05, 4.69) is 10.3 Å². The first-order valence-electron chi connectivity index (χ1n) is 5.01. The van der Waals surface area contributed by atoms with Gasteiger partial charge < -0.3 is 19.9 Å². The molecule has 15 heavy (non-hydrogen) atoms. The van der Waals surface area contributed by atoms with Gasteiger partial charge in [-0.05, 0) is 12.1 Å². The number of nitrogens with one attached hydrogen (secondary N) is 2. The average Bonchev–Trinajstić information content (AvgIpc) is 2.82. The fraction of sp³-hybridized carbons (Fsp3) is 0.500. The van der Waals surface area contributed by atoms with E-state index in [0.717, 1.165) is 12.4 Å². The Labute approximate surface area is 88.4 Å². The number of hydrogen-bond acceptors (Lipinski definition) is 3. The maximum atomic E-state index is 12.0. The second-order valence-electron chi connectivity index (χ2n) is 3.53. The van der Waals surface area contributed by atoms with Gasteiger partial charge in [-0.25, -0.2) is 0 Å². The number of amides is 1. The summed E-state index contributed by atoms with van der Waals surface area (Å²) < 4.78 is 5.25. The summed E-state index contributed by atoms with van der Waals surface area (Å²) in [6, 6.07) is 3.50. The normalized spacial score (nSPS) is 21.3. The van der Waals surface area contributed by atoms with Gasteiger partial charge in [0.25, 0.3) is 0 Å². The maximum absolute atomic E-state index is 12.0. The molecular formula is C10H15N3O2. The minimum absolute atomic E-state index is 0.0251. The van der Waals surface area contributed by atoms with Crippen LogP contribution in [0, 0.1) is 0 Å². The van der Waals surface area contributed by atoms with Crippen LogP contribution in [0.4, 0.5) is 5.82 Å². The molecule has 1 aliphatic rings. The first-order valence-corrected chi connectivity index (χ1v) is 5.01. The van der Waals surface area contributed by atoms with Crippen LogP contribution in [0.2, 0.25) is 0 Å². The molecule has 1 unspecified atom stereocenters. The number of likely N-dealkylation sites (N-methyl/N-ethyl adjacent to an activating group) is 1. The third kappa shape index (κ3) is 2.19. The predicted octanol–water partition coefficient (Wildman–Crippen LogP) is -0.0341. The maximum Gasteiger partial charge on any atom is 0.247 e. The Balaban J connectivity index is 2.00. The lowest BCUT2D eigenvalue weighted by atomic mass is 10.2. The van der Waals surface area contributed by atoms with Crippen molar-refractivity contribution >= 4 is 11.7 Å². The fourth-order valence-corrected chi connectivity index (χ4v) is 1.61. The number of aromatic nitrogens is 1. The SMILES string of the molecule is CN(C(=O)C1COCCN1)c1ccc[nH]1. The van der Waals surface area contributed by atoms with Gasteiger partial charge in [-0.3, -0.25) is 4.79 Å². The topological polar surface area (TPSA) is 57.4 Å². The Kier molecular flexibility index (Phi) is 3.03. The molecule has 1 saturated heterocycles. The standard InChI is InChI=1S/C10H15N3O2/c1-13(9-3-2-4-12-9)10(14)8-7-15-6-5-11-8/h2-4,8,11-12H,5-7H2,1H3. The smallest absolute Gasteiger partial charge is 0.247 e. The van der Waals surface area contributed by atoms with Crippen LogP contribution in [0.5, 0.6) is 0 Å². The van der Waals surface area contributed by atoms with Gasteiger partial charge in [-0.2, -0.15) is 0 Å². The Hall–Kier alpha value is -1.33. The van der Waals surface area contributed by atoms with E-state index in [9.17, 15) is 4.79 Å². The van der Waals surface area contributed by atoms with Crippen LogP contribution in [0.1, 0.15) is 0 Å². The molecule has 0 aliphatic carbocycles. The van der Waals surface area contributed by atoms with E-state index < -0.39 is 0 Å². The van der Waals surface area contributed by atoms with Crippen molar-refractivity contribution in [3.8, 4) is 0 Å². The summed E-state index contributed by atoms with van der Waals surface area (Å²) in [6.07, 6.45) is 1.80. The summed E-state index contributed by atoms with van der Waals surface area (Å²) >= 11 is 0. The Morgan fingerprint density at radius 3 is 3.13 bits per heavy atom. The van der Waals surface area contributed by atoms with E-state index in [1.54, 1.807) is 18.1 Å². The van der Waals surface area contributed by atoms with Gasteiger partial charge in [0.15, 0.2) is 0 Å². The van der Waals surface area contributed by atoms with E-state index in [1.165, 1.54) is 0 Å². The molecule has 1 aromatic rings. The third-order valence-electron chi connectivity index (χ3n) is 2.49. The molecule has 1 aliphatic heterocycles. The third-order valence-corrected chi connectivity index (χ3v) is 2.49. The molecule has 82 valence electrons. The van der Waals surface area contributed by atoms with Crippen molar-refractivity contribution in [1.82, 2.24) is 10.3 Å². The molecule has 1 fully saturated rings. The average molecular weight is 209 g/mol. The van der Waals surface area contributed by atoms with Gasteiger partial charge in [-0.15, -0.1) is 0 Å². The molecule has 2 rings (SSSR count). The van der Waals surface area contributed by atoms with Crippen molar-refractivity contribution in [2.45, 2.75) is 6.04 Å². The molecule has 1 aromatic heterocycles. The zero-order chi connectivity index (χ0) is 10.7. The van der Waals surface area contributed by atoms with Gasteiger partial charge in [0, 0.05) is 19.8 Å². The summed E-state index contributed by atoms with van der Waals surface area (Å²) in [4.78, 5) is 16.6. The molecule has 0 bridgehead atoms. The van der Waals surface area contributed by atoms with Gasteiger partial charge in [0.05, 0.1) is 13.2 Å². The molecular weight excluding hydrogens is 194 g/mol. The molecule has 2 heterocycles. The fourth-order valence-electron chi connectivity index (χ4n) is 1.61. The second kappa shape index (κ2) is 4.46. The number of anilines is 1. The van der Waals surface area contributed by atoms with Crippen molar-refractivity contribution in [2.75, 3.05) is 31.7 Å². The van der Waals surface area contributed by atoms with Crippen LogP contribution in [0.25, 0.3) is 0 Å². The molecule has 2 N–H and O–H groups in total. The largest absolute Gasteiger partial charge is 0.378 e. The minimum atomic E-state index is -0.230. The van der Waals surface area contributed by atoms with Crippen LogP contribution in [-0.4, -0.2) is 43.7 Å². The summed E-state index contributed by atoms with van der Waals surface area (Å²) in [5, 5.41) is 3.13. The van der Waals surface area contributed by atoms with Crippen LogP contribution >= 0.6 is 0 Å². The lowest BCUT2D eigenvalue weighted by molar-refractivity contribution is -0.123. The molecule has 1 amide bonds. The number of nitrogens with zero attached hydrogens (tertiary/aromatic N) is 1. The van der Waals surface area contributed by atoms with Gasteiger partial charge in [-0.1, -0.05) is 0 Å². The highest BCUT2D eigenvalue weighted by Gasteiger charge is 2.25. The van der Waals surface area contributed by atoms with Gasteiger partial charge >= 0.3 is 0 Å². The molecule has 0 radical (unpaired) electrons. The summed E-state index contributed by atoms with van der Waals surface area (Å²) in [6.45, 7) is 1.86.